The molecule has 0 bridgehead atoms. The van der Waals surface area contributed by atoms with Crippen molar-refractivity contribution in [3.05, 3.63) is 72.1 Å². The zero-order chi connectivity index (χ0) is 24.9. The summed E-state index contributed by atoms with van der Waals surface area (Å²) in [7, 11) is 0. The number of nitrogens with one attached hydrogen (secondary N) is 1. The zero-order valence-corrected chi connectivity index (χ0v) is 16.8. The minimum atomic E-state index is -5.20. The molecular formula is C21H14F7N3O3. The number of aromatic nitrogens is 2. The predicted octanol–water partition coefficient (Wildman–Crippen LogP) is 5.28. The van der Waals surface area contributed by atoms with Gasteiger partial charge < -0.3 is 14.8 Å². The summed E-state index contributed by atoms with van der Waals surface area (Å²) in [6, 6.07) is 10.2. The summed E-state index contributed by atoms with van der Waals surface area (Å²) in [5.41, 5.74) is 0.0771. The van der Waals surface area contributed by atoms with E-state index in [-0.39, 0.29) is 29.2 Å². The summed E-state index contributed by atoms with van der Waals surface area (Å²) in [6.07, 6.45) is -5.56. The fraction of sp³-hybridized carbons (Fsp3) is 0.190. The molecule has 0 unspecified atom stereocenters. The van der Waals surface area contributed by atoms with Gasteiger partial charge in [0.05, 0.1) is 12.2 Å². The van der Waals surface area contributed by atoms with Gasteiger partial charge in [0.15, 0.2) is 17.4 Å². The van der Waals surface area contributed by atoms with Crippen LogP contribution in [0.3, 0.4) is 0 Å². The lowest BCUT2D eigenvalue weighted by Crippen LogP contribution is -2.29. The number of carbonyl (C=O) groups excluding carboxylic acids is 1. The fourth-order valence-corrected chi connectivity index (χ4v) is 2.81. The zero-order valence-electron chi connectivity index (χ0n) is 16.8. The van der Waals surface area contributed by atoms with Crippen molar-refractivity contribution in [2.24, 2.45) is 0 Å². The standard InChI is InChI=1S/C21H14F7N3O3/c22-13-6-12(7-14(23)18(13)34-20(24)25)15-8-17(31-10-30-15)29-9-16(11-4-2-1-3-5-11)33-19(32)21(26,27)28/h1-8,10,16,20H,9H2,(H,29,30,31)/t16-/m0/s1. The maximum Gasteiger partial charge on any atom is 0.490 e. The molecule has 6 nitrogen and oxygen atoms in total. The molecule has 3 rings (SSSR count). The summed E-state index contributed by atoms with van der Waals surface area (Å²) in [5, 5.41) is 2.67. The van der Waals surface area contributed by atoms with Crippen LogP contribution in [-0.4, -0.2) is 35.3 Å². The van der Waals surface area contributed by atoms with Crippen molar-refractivity contribution in [3.63, 3.8) is 0 Å². The number of benzene rings is 2. The molecule has 13 heteroatoms. The van der Waals surface area contributed by atoms with E-state index in [1.54, 1.807) is 6.07 Å². The van der Waals surface area contributed by atoms with Crippen molar-refractivity contribution in [1.82, 2.24) is 9.97 Å². The van der Waals surface area contributed by atoms with Crippen molar-refractivity contribution in [2.75, 3.05) is 11.9 Å². The first-order valence-electron chi connectivity index (χ1n) is 9.37. The van der Waals surface area contributed by atoms with Crippen LogP contribution in [0.4, 0.5) is 36.6 Å². The third-order valence-corrected chi connectivity index (χ3v) is 4.29. The summed E-state index contributed by atoms with van der Waals surface area (Å²) in [6.45, 7) is -3.78. The largest absolute Gasteiger partial charge is 0.490 e. The van der Waals surface area contributed by atoms with Gasteiger partial charge in [-0.15, -0.1) is 0 Å². The second-order valence-corrected chi connectivity index (χ2v) is 6.62. The number of alkyl halides is 5. The number of nitrogens with zero attached hydrogens (tertiary/aromatic N) is 2. The first-order valence-corrected chi connectivity index (χ1v) is 9.37. The molecule has 0 amide bonds. The molecule has 0 radical (unpaired) electrons. The molecule has 2 aromatic carbocycles. The molecular weight excluding hydrogens is 475 g/mol. The molecule has 0 aliphatic heterocycles. The monoisotopic (exact) mass is 489 g/mol. The van der Waals surface area contributed by atoms with Gasteiger partial charge in [-0.3, -0.25) is 0 Å². The van der Waals surface area contributed by atoms with Gasteiger partial charge in [-0.2, -0.15) is 22.0 Å². The molecule has 1 heterocycles. The van der Waals surface area contributed by atoms with Crippen LogP contribution in [-0.2, 0) is 9.53 Å². The average Bonchev–Trinajstić information content (AvgIpc) is 2.78. The number of rotatable bonds is 8. The van der Waals surface area contributed by atoms with Gasteiger partial charge in [-0.05, 0) is 17.7 Å². The van der Waals surface area contributed by atoms with Gasteiger partial charge in [0.2, 0.25) is 0 Å². The fourth-order valence-electron chi connectivity index (χ4n) is 2.81. The van der Waals surface area contributed by atoms with Gasteiger partial charge in [0.1, 0.15) is 18.2 Å². The topological polar surface area (TPSA) is 73.3 Å². The van der Waals surface area contributed by atoms with E-state index in [2.05, 4.69) is 24.8 Å². The van der Waals surface area contributed by atoms with Gasteiger partial charge >= 0.3 is 18.8 Å². The van der Waals surface area contributed by atoms with Crippen LogP contribution in [0.25, 0.3) is 11.3 Å². The summed E-state index contributed by atoms with van der Waals surface area (Å²) < 4.78 is 99.0. The molecule has 180 valence electrons. The Bertz CT molecular complexity index is 1120. The predicted molar refractivity (Wildman–Crippen MR) is 104 cm³/mol. The Balaban J connectivity index is 1.80. The first kappa shape index (κ1) is 24.7. The Hall–Kier alpha value is -3.90. The summed E-state index contributed by atoms with van der Waals surface area (Å²) in [4.78, 5) is 19.0. The molecule has 0 aliphatic carbocycles. The lowest BCUT2D eigenvalue weighted by molar-refractivity contribution is -0.204. The van der Waals surface area contributed by atoms with E-state index < -0.39 is 42.2 Å². The maximum atomic E-state index is 14.0. The van der Waals surface area contributed by atoms with Crippen LogP contribution in [0.1, 0.15) is 11.7 Å². The highest BCUT2D eigenvalue weighted by Crippen LogP contribution is 2.30. The Kier molecular flexibility index (Phi) is 7.54. The van der Waals surface area contributed by atoms with E-state index >= 15 is 0 Å². The lowest BCUT2D eigenvalue weighted by Gasteiger charge is -2.20. The minimum Gasteiger partial charge on any atom is -0.449 e. The number of ether oxygens (including phenoxy) is 2. The smallest absolute Gasteiger partial charge is 0.449 e. The molecule has 0 fully saturated rings. The van der Waals surface area contributed by atoms with E-state index in [0.29, 0.717) is 12.1 Å². The lowest BCUT2D eigenvalue weighted by atomic mass is 10.1. The highest BCUT2D eigenvalue weighted by molar-refractivity contribution is 5.76. The van der Waals surface area contributed by atoms with Crippen molar-refractivity contribution in [2.45, 2.75) is 18.9 Å². The van der Waals surface area contributed by atoms with Crippen molar-refractivity contribution < 1.29 is 45.0 Å². The number of esters is 1. The third kappa shape index (κ3) is 6.33. The van der Waals surface area contributed by atoms with E-state index in [0.717, 1.165) is 6.33 Å². The van der Waals surface area contributed by atoms with Gasteiger partial charge in [0, 0.05) is 11.6 Å². The second-order valence-electron chi connectivity index (χ2n) is 6.62. The molecule has 0 saturated carbocycles. The SMILES string of the molecule is O=C(O[C@@H](CNc1cc(-c2cc(F)c(OC(F)F)c(F)c2)ncn1)c1ccccc1)C(F)(F)F. The van der Waals surface area contributed by atoms with Gasteiger partial charge in [-0.1, -0.05) is 30.3 Å². The molecule has 3 aromatic rings. The quantitative estimate of drug-likeness (QED) is 0.343. The Morgan fingerprint density at radius 2 is 1.65 bits per heavy atom. The van der Waals surface area contributed by atoms with Crippen molar-refractivity contribution >= 4 is 11.8 Å². The van der Waals surface area contributed by atoms with E-state index in [1.807, 2.05) is 0 Å². The normalized spacial score (nSPS) is 12.4. The Morgan fingerprint density at radius 1 is 1.00 bits per heavy atom. The number of carbonyl (C=O) groups is 1. The van der Waals surface area contributed by atoms with Crippen LogP contribution in [0.15, 0.2) is 54.9 Å². The summed E-state index contributed by atoms with van der Waals surface area (Å²) >= 11 is 0. The second kappa shape index (κ2) is 10.4. The van der Waals surface area contributed by atoms with Crippen LogP contribution >= 0.6 is 0 Å². The number of hydrogen-bond acceptors (Lipinski definition) is 6. The number of halogens is 7. The average molecular weight is 489 g/mol. The van der Waals surface area contributed by atoms with Crippen LogP contribution < -0.4 is 10.1 Å². The third-order valence-electron chi connectivity index (χ3n) is 4.29. The molecule has 1 N–H and O–H groups in total. The van der Waals surface area contributed by atoms with Gasteiger partial charge in [0.25, 0.3) is 0 Å². The minimum absolute atomic E-state index is 0.0164. The molecule has 1 atom stereocenters. The summed E-state index contributed by atoms with van der Waals surface area (Å²) in [5.74, 6) is -6.42. The van der Waals surface area contributed by atoms with Crippen LogP contribution in [0.5, 0.6) is 5.75 Å². The van der Waals surface area contributed by atoms with Crippen LogP contribution in [0.2, 0.25) is 0 Å². The Labute approximate surface area is 187 Å². The number of hydrogen-bond donors (Lipinski definition) is 1. The van der Waals surface area contributed by atoms with Crippen molar-refractivity contribution in [1.29, 1.82) is 0 Å². The highest BCUT2D eigenvalue weighted by Gasteiger charge is 2.42. The number of anilines is 1. The Morgan fingerprint density at radius 3 is 2.24 bits per heavy atom. The first-order chi connectivity index (χ1) is 16.0. The molecule has 0 aliphatic rings. The van der Waals surface area contributed by atoms with Crippen LogP contribution in [0, 0.1) is 11.6 Å². The van der Waals surface area contributed by atoms with Gasteiger partial charge in [-0.25, -0.2) is 23.5 Å². The maximum absolute atomic E-state index is 14.0. The van der Waals surface area contributed by atoms with E-state index in [4.69, 9.17) is 0 Å². The van der Waals surface area contributed by atoms with Crippen molar-refractivity contribution in [3.8, 4) is 17.0 Å². The molecule has 34 heavy (non-hydrogen) atoms. The molecule has 1 aromatic heterocycles. The highest BCUT2D eigenvalue weighted by atomic mass is 19.4. The molecule has 0 saturated heterocycles. The van der Waals surface area contributed by atoms with E-state index in [1.165, 1.54) is 30.3 Å². The van der Waals surface area contributed by atoms with E-state index in [9.17, 15) is 35.5 Å². The molecule has 0 spiro atoms.